The van der Waals surface area contributed by atoms with Crippen LogP contribution >= 0.6 is 0 Å². The van der Waals surface area contributed by atoms with Crippen molar-refractivity contribution >= 4 is 5.97 Å². The number of hydrogen-bond acceptors (Lipinski definition) is 3. The highest BCUT2D eigenvalue weighted by Gasteiger charge is 2.27. The van der Waals surface area contributed by atoms with Crippen molar-refractivity contribution in [1.29, 1.82) is 0 Å². The average Bonchev–Trinajstić information content (AvgIpc) is 2.73. The molecule has 0 unspecified atom stereocenters. The van der Waals surface area contributed by atoms with Crippen molar-refractivity contribution in [2.24, 2.45) is 5.92 Å². The van der Waals surface area contributed by atoms with Crippen LogP contribution in [-0.2, 0) is 9.53 Å². The second-order valence-electron chi connectivity index (χ2n) is 7.98. The van der Waals surface area contributed by atoms with Gasteiger partial charge in [0.25, 0.3) is 0 Å². The van der Waals surface area contributed by atoms with E-state index in [-0.39, 0.29) is 12.5 Å². The Labute approximate surface area is 162 Å². The minimum atomic E-state index is -1.49. The predicted octanol–water partition coefficient (Wildman–Crippen LogP) is 5.78. The molecule has 0 N–H and O–H groups in total. The second-order valence-corrected chi connectivity index (χ2v) is 7.98. The van der Waals surface area contributed by atoms with E-state index in [0.717, 1.165) is 31.4 Å². The van der Waals surface area contributed by atoms with Gasteiger partial charge in [0.15, 0.2) is 6.17 Å². The Morgan fingerprint density at radius 2 is 1.74 bits per heavy atom. The number of esters is 1. The molecule has 1 aromatic carbocycles. The molecule has 3 rings (SSSR count). The number of carbonyl (C=O) groups is 1. The topological polar surface area (TPSA) is 35.5 Å². The third-order valence-corrected chi connectivity index (χ3v) is 5.97. The van der Waals surface area contributed by atoms with Crippen LogP contribution in [0.15, 0.2) is 24.3 Å². The molecule has 2 saturated carbocycles. The largest absolute Gasteiger partial charge is 0.493 e. The molecule has 0 aliphatic heterocycles. The highest BCUT2D eigenvalue weighted by atomic mass is 19.1. The summed E-state index contributed by atoms with van der Waals surface area (Å²) in [6.45, 7) is 2.35. The highest BCUT2D eigenvalue weighted by molar-refractivity contribution is 5.74. The van der Waals surface area contributed by atoms with Crippen molar-refractivity contribution in [2.75, 3.05) is 6.61 Å². The Bertz CT molecular complexity index is 572. The lowest BCUT2D eigenvalue weighted by molar-refractivity contribution is -0.157. The third-order valence-electron chi connectivity index (χ3n) is 5.97. The molecule has 1 aromatic rings. The fourth-order valence-electron chi connectivity index (χ4n) is 4.13. The van der Waals surface area contributed by atoms with Crippen LogP contribution in [0, 0.1) is 12.3 Å². The van der Waals surface area contributed by atoms with Crippen LogP contribution in [0.5, 0.6) is 5.75 Å². The maximum atomic E-state index is 13.3. The number of rotatable bonds is 7. The van der Waals surface area contributed by atoms with Gasteiger partial charge in [0.05, 0.1) is 6.61 Å². The quantitative estimate of drug-likeness (QED) is 0.567. The molecule has 0 bridgehead atoms. The van der Waals surface area contributed by atoms with Gasteiger partial charge < -0.3 is 9.47 Å². The first-order valence-corrected chi connectivity index (χ1v) is 10.5. The summed E-state index contributed by atoms with van der Waals surface area (Å²) < 4.78 is 24.6. The Morgan fingerprint density at radius 3 is 2.37 bits per heavy atom. The summed E-state index contributed by atoms with van der Waals surface area (Å²) in [6.07, 6.45) is 9.44. The molecule has 3 nitrogen and oxygen atoms in total. The molecule has 2 fully saturated rings. The van der Waals surface area contributed by atoms with Gasteiger partial charge in [-0.25, -0.2) is 9.18 Å². The molecule has 0 spiro atoms. The maximum absolute atomic E-state index is 13.3. The summed E-state index contributed by atoms with van der Waals surface area (Å²) in [5, 5.41) is 0. The van der Waals surface area contributed by atoms with E-state index >= 15 is 0 Å². The molecule has 1 radical (unpaired) electrons. The first-order chi connectivity index (χ1) is 13.2. The van der Waals surface area contributed by atoms with Gasteiger partial charge in [-0.05, 0) is 93.7 Å². The van der Waals surface area contributed by atoms with Crippen molar-refractivity contribution in [3.63, 3.8) is 0 Å². The highest BCUT2D eigenvalue weighted by Crippen LogP contribution is 2.33. The second kappa shape index (κ2) is 10.1. The minimum Gasteiger partial charge on any atom is -0.493 e. The molecule has 2 aliphatic rings. The van der Waals surface area contributed by atoms with E-state index in [1.165, 1.54) is 31.2 Å². The van der Waals surface area contributed by atoms with Crippen molar-refractivity contribution in [3.05, 3.63) is 36.2 Å². The van der Waals surface area contributed by atoms with Crippen LogP contribution in [0.4, 0.5) is 4.39 Å². The van der Waals surface area contributed by atoms with Crippen molar-refractivity contribution in [1.82, 2.24) is 0 Å². The van der Waals surface area contributed by atoms with E-state index in [2.05, 4.69) is 30.7 Å². The summed E-state index contributed by atoms with van der Waals surface area (Å²) in [4.78, 5) is 11.6. The summed E-state index contributed by atoms with van der Waals surface area (Å²) in [6, 6.07) is 8.60. The Morgan fingerprint density at radius 1 is 1.07 bits per heavy atom. The zero-order valence-corrected chi connectivity index (χ0v) is 16.4. The predicted molar refractivity (Wildman–Crippen MR) is 104 cm³/mol. The van der Waals surface area contributed by atoms with E-state index in [4.69, 9.17) is 9.47 Å². The van der Waals surface area contributed by atoms with Gasteiger partial charge in [0, 0.05) is 0 Å². The zero-order chi connectivity index (χ0) is 19.1. The van der Waals surface area contributed by atoms with Gasteiger partial charge in [0.1, 0.15) is 11.9 Å². The lowest BCUT2D eigenvalue weighted by Crippen LogP contribution is -2.30. The van der Waals surface area contributed by atoms with Crippen molar-refractivity contribution in [2.45, 2.75) is 82.9 Å². The van der Waals surface area contributed by atoms with Crippen LogP contribution in [-0.4, -0.2) is 24.9 Å². The maximum Gasteiger partial charge on any atom is 0.340 e. The zero-order valence-electron chi connectivity index (χ0n) is 16.4. The van der Waals surface area contributed by atoms with E-state index in [1.54, 1.807) is 6.92 Å². The molecule has 27 heavy (non-hydrogen) atoms. The van der Waals surface area contributed by atoms with Crippen LogP contribution in [0.3, 0.4) is 0 Å². The normalized spacial score (nSPS) is 25.0. The smallest absolute Gasteiger partial charge is 0.340 e. The fourth-order valence-corrected chi connectivity index (χ4v) is 4.13. The van der Waals surface area contributed by atoms with E-state index in [9.17, 15) is 9.18 Å². The Kier molecular flexibility index (Phi) is 7.54. The third kappa shape index (κ3) is 5.95. The molecular formula is C23H32FO3. The number of carbonyl (C=O) groups excluding carboxylic acids is 1. The Balaban J connectivity index is 1.38. The molecule has 0 heterocycles. The van der Waals surface area contributed by atoms with Crippen molar-refractivity contribution < 1.29 is 18.7 Å². The summed E-state index contributed by atoms with van der Waals surface area (Å²) in [7, 11) is 0. The number of halogens is 1. The summed E-state index contributed by atoms with van der Waals surface area (Å²) in [5.74, 6) is 1.39. The summed E-state index contributed by atoms with van der Waals surface area (Å²) >= 11 is 0. The van der Waals surface area contributed by atoms with Gasteiger partial charge in [-0.15, -0.1) is 0 Å². The van der Waals surface area contributed by atoms with E-state index in [0.29, 0.717) is 18.4 Å². The van der Waals surface area contributed by atoms with E-state index < -0.39 is 12.1 Å². The molecule has 4 heteroatoms. The number of hydrogen-bond donors (Lipinski definition) is 0. The molecule has 0 amide bonds. The summed E-state index contributed by atoms with van der Waals surface area (Å²) in [5.41, 5.74) is 1.43. The SMILES string of the molecule is CC[C@@H](F)C(=O)OC1CCC(COc2ccc(C3CC[CH]CC3)cc2)CC1. The van der Waals surface area contributed by atoms with Crippen molar-refractivity contribution in [3.8, 4) is 5.75 Å². The standard InChI is InChI=1S/C23H32FO3/c1-2-22(24)23(25)27-21-12-8-17(9-13-21)16-26-20-14-10-19(11-15-20)18-6-4-3-5-7-18/h3,10-11,14-15,17-18,21-22H,2,4-9,12-13,16H2,1H3/t17?,21?,22-/m1/s1. The lowest BCUT2D eigenvalue weighted by Gasteiger charge is -2.28. The molecular weight excluding hydrogens is 343 g/mol. The van der Waals surface area contributed by atoms with E-state index in [1.807, 2.05) is 0 Å². The Hall–Kier alpha value is -1.58. The molecule has 0 aromatic heterocycles. The minimum absolute atomic E-state index is 0.134. The fraction of sp³-hybridized carbons (Fsp3) is 0.652. The first kappa shape index (κ1) is 20.2. The number of ether oxygens (including phenoxy) is 2. The monoisotopic (exact) mass is 375 g/mol. The molecule has 0 saturated heterocycles. The molecule has 2 aliphatic carbocycles. The van der Waals surface area contributed by atoms with Gasteiger partial charge >= 0.3 is 5.97 Å². The van der Waals surface area contributed by atoms with Gasteiger partial charge in [-0.2, -0.15) is 0 Å². The van der Waals surface area contributed by atoms with Gasteiger partial charge in [0.2, 0.25) is 0 Å². The average molecular weight is 376 g/mol. The first-order valence-electron chi connectivity index (χ1n) is 10.5. The van der Waals surface area contributed by atoms with Crippen LogP contribution in [0.25, 0.3) is 0 Å². The van der Waals surface area contributed by atoms with Gasteiger partial charge in [-0.3, -0.25) is 0 Å². The number of benzene rings is 1. The molecule has 1 atom stereocenters. The van der Waals surface area contributed by atoms with Crippen LogP contribution in [0.2, 0.25) is 0 Å². The lowest BCUT2D eigenvalue weighted by atomic mass is 9.84. The van der Waals surface area contributed by atoms with Crippen LogP contribution in [0.1, 0.15) is 76.2 Å². The van der Waals surface area contributed by atoms with Crippen LogP contribution < -0.4 is 4.74 Å². The molecule has 149 valence electrons. The van der Waals surface area contributed by atoms with Gasteiger partial charge in [-0.1, -0.05) is 19.1 Å². The number of alkyl halides is 1.